The van der Waals surface area contributed by atoms with Crippen molar-refractivity contribution in [3.05, 3.63) is 76.8 Å². The van der Waals surface area contributed by atoms with Gasteiger partial charge in [0.25, 0.3) is 0 Å². The second kappa shape index (κ2) is 12.2. The van der Waals surface area contributed by atoms with Crippen LogP contribution in [0.5, 0.6) is 11.6 Å². The van der Waals surface area contributed by atoms with Crippen molar-refractivity contribution in [3.63, 3.8) is 0 Å². The Balaban J connectivity index is 1.49. The van der Waals surface area contributed by atoms with E-state index in [-0.39, 0.29) is 5.92 Å². The molecule has 2 aromatic carbocycles. The van der Waals surface area contributed by atoms with Crippen LogP contribution in [0.1, 0.15) is 36.0 Å². The number of rotatable bonds is 10. The fourth-order valence-electron chi connectivity index (χ4n) is 4.00. The molecule has 0 saturated heterocycles. The van der Waals surface area contributed by atoms with Crippen LogP contribution in [-0.4, -0.2) is 25.3 Å². The third-order valence-corrected chi connectivity index (χ3v) is 6.81. The van der Waals surface area contributed by atoms with Gasteiger partial charge in [0.1, 0.15) is 19.0 Å². The van der Waals surface area contributed by atoms with Crippen LogP contribution in [0.25, 0.3) is 21.2 Å². The highest BCUT2D eigenvalue weighted by Crippen LogP contribution is 2.37. The van der Waals surface area contributed by atoms with Crippen LogP contribution in [0.15, 0.2) is 60.1 Å². The molecule has 0 aliphatic heterocycles. The zero-order valence-corrected chi connectivity index (χ0v) is 21.5. The predicted octanol–water partition coefficient (Wildman–Crippen LogP) is 6.90. The first-order valence-corrected chi connectivity index (χ1v) is 12.6. The van der Waals surface area contributed by atoms with Crippen LogP contribution >= 0.6 is 11.3 Å². The highest BCUT2D eigenvalue weighted by atomic mass is 32.1. The van der Waals surface area contributed by atoms with Crippen molar-refractivity contribution < 1.29 is 14.2 Å². The topological polar surface area (TPSA) is 64.4 Å². The molecule has 0 unspecified atom stereocenters. The molecule has 0 aliphatic rings. The summed E-state index contributed by atoms with van der Waals surface area (Å²) in [5.74, 6) is 7.22. The lowest BCUT2D eigenvalue weighted by Crippen LogP contribution is -2.04. The largest absolute Gasteiger partial charge is 0.491 e. The van der Waals surface area contributed by atoms with Gasteiger partial charge in [-0.05, 0) is 65.7 Å². The molecule has 2 heterocycles. The quantitative estimate of drug-likeness (QED) is 0.177. The average molecular weight is 497 g/mol. The summed E-state index contributed by atoms with van der Waals surface area (Å²) in [6, 6.07) is 18.6. The normalized spacial score (nSPS) is 11.4. The number of aromatic nitrogens is 1. The van der Waals surface area contributed by atoms with Gasteiger partial charge in [-0.25, -0.2) is 4.98 Å². The number of fused-ring (bicyclic) bond motifs is 1. The molecule has 36 heavy (non-hydrogen) atoms. The summed E-state index contributed by atoms with van der Waals surface area (Å²) in [4.78, 5) is 4.43. The van der Waals surface area contributed by atoms with Crippen molar-refractivity contribution in [3.8, 4) is 40.7 Å². The number of nitrogens with zero attached hydrogens (tertiary/aromatic N) is 2. The predicted molar refractivity (Wildman–Crippen MR) is 144 cm³/mol. The molecule has 6 heteroatoms. The summed E-state index contributed by atoms with van der Waals surface area (Å²) >= 11 is 1.74. The number of benzene rings is 2. The number of pyridine rings is 1. The minimum absolute atomic E-state index is 0.129. The van der Waals surface area contributed by atoms with Gasteiger partial charge in [-0.2, -0.15) is 5.26 Å². The van der Waals surface area contributed by atoms with E-state index in [2.05, 4.69) is 65.5 Å². The molecule has 0 fully saturated rings. The number of ether oxygens (including phenoxy) is 3. The Labute approximate surface area is 216 Å². The standard InChI is InChI=1S/C30H28N2O3S/c1-4-5-23(12-13-31)24-7-11-30(32-18-24)35-19-22-6-10-29-27(17-22)28(20-36-29)26-9-8-25(16-21(26)2)34-15-14-33-3/h6-11,16-18,20,23H,12,14-15,19H2,1-3H3/t23-/m0/s1. The van der Waals surface area contributed by atoms with Crippen molar-refractivity contribution in [2.24, 2.45) is 0 Å². The molecule has 5 nitrogen and oxygen atoms in total. The summed E-state index contributed by atoms with van der Waals surface area (Å²) in [6.07, 6.45) is 2.09. The lowest BCUT2D eigenvalue weighted by molar-refractivity contribution is 0.146. The maximum Gasteiger partial charge on any atom is 0.213 e. The van der Waals surface area contributed by atoms with Crippen molar-refractivity contribution >= 4 is 21.4 Å². The van der Waals surface area contributed by atoms with Gasteiger partial charge in [-0.15, -0.1) is 17.3 Å². The molecule has 0 radical (unpaired) electrons. The van der Waals surface area contributed by atoms with E-state index in [0.717, 1.165) is 22.4 Å². The van der Waals surface area contributed by atoms with Crippen molar-refractivity contribution in [1.82, 2.24) is 4.98 Å². The minimum atomic E-state index is -0.129. The fourth-order valence-corrected chi connectivity index (χ4v) is 4.95. The van der Waals surface area contributed by atoms with Crippen LogP contribution in [0.4, 0.5) is 0 Å². The van der Waals surface area contributed by atoms with Gasteiger partial charge in [0.05, 0.1) is 25.0 Å². The zero-order chi connectivity index (χ0) is 25.3. The molecule has 0 spiro atoms. The second-order valence-corrected chi connectivity index (χ2v) is 9.24. The van der Waals surface area contributed by atoms with Crippen molar-refractivity contribution in [2.45, 2.75) is 32.8 Å². The Hall–Kier alpha value is -3.84. The Morgan fingerprint density at radius 3 is 2.64 bits per heavy atom. The first-order chi connectivity index (χ1) is 17.6. The van der Waals surface area contributed by atoms with Crippen LogP contribution in [0, 0.1) is 30.1 Å². The molecular weight excluding hydrogens is 468 g/mol. The van der Waals surface area contributed by atoms with E-state index >= 15 is 0 Å². The summed E-state index contributed by atoms with van der Waals surface area (Å²) < 4.78 is 18.0. The minimum Gasteiger partial charge on any atom is -0.491 e. The molecule has 0 saturated carbocycles. The Morgan fingerprint density at radius 2 is 1.92 bits per heavy atom. The third kappa shape index (κ3) is 6.04. The van der Waals surface area contributed by atoms with E-state index in [1.807, 2.05) is 18.2 Å². The van der Waals surface area contributed by atoms with Crippen LogP contribution in [-0.2, 0) is 11.3 Å². The zero-order valence-electron chi connectivity index (χ0n) is 20.7. The van der Waals surface area contributed by atoms with Gasteiger partial charge in [0.2, 0.25) is 5.88 Å². The summed E-state index contributed by atoms with van der Waals surface area (Å²) in [7, 11) is 1.67. The molecule has 0 bridgehead atoms. The van der Waals surface area contributed by atoms with Crippen LogP contribution in [0.2, 0.25) is 0 Å². The molecule has 0 N–H and O–H groups in total. The van der Waals surface area contributed by atoms with E-state index in [1.165, 1.54) is 21.2 Å². The van der Waals surface area contributed by atoms with Gasteiger partial charge in [0, 0.05) is 35.0 Å². The Bertz CT molecular complexity index is 1420. The maximum atomic E-state index is 9.04. The summed E-state index contributed by atoms with van der Waals surface area (Å²) in [6.45, 7) is 5.40. The van der Waals surface area contributed by atoms with E-state index in [4.69, 9.17) is 19.5 Å². The number of thiophene rings is 1. The van der Waals surface area contributed by atoms with Gasteiger partial charge in [-0.3, -0.25) is 0 Å². The number of hydrogen-bond donors (Lipinski definition) is 0. The van der Waals surface area contributed by atoms with Gasteiger partial charge >= 0.3 is 0 Å². The number of nitriles is 1. The number of methoxy groups -OCH3 is 1. The molecule has 4 aromatic rings. The first kappa shape index (κ1) is 25.3. The van der Waals surface area contributed by atoms with E-state index < -0.39 is 0 Å². The Kier molecular flexibility index (Phi) is 8.57. The van der Waals surface area contributed by atoms with E-state index in [1.54, 1.807) is 31.6 Å². The lowest BCUT2D eigenvalue weighted by Gasteiger charge is -2.11. The maximum absolute atomic E-state index is 9.04. The second-order valence-electron chi connectivity index (χ2n) is 8.33. The lowest BCUT2D eigenvalue weighted by atomic mass is 9.99. The molecule has 0 aliphatic carbocycles. The van der Waals surface area contributed by atoms with Crippen molar-refractivity contribution in [1.29, 1.82) is 5.26 Å². The molecule has 4 rings (SSSR count). The average Bonchev–Trinajstić information content (AvgIpc) is 3.31. The first-order valence-electron chi connectivity index (χ1n) is 11.7. The highest BCUT2D eigenvalue weighted by Gasteiger charge is 2.12. The molecular formula is C30H28N2O3S. The highest BCUT2D eigenvalue weighted by molar-refractivity contribution is 7.17. The molecule has 1 atom stereocenters. The van der Waals surface area contributed by atoms with Gasteiger partial charge < -0.3 is 14.2 Å². The van der Waals surface area contributed by atoms with Crippen LogP contribution in [0.3, 0.4) is 0 Å². The smallest absolute Gasteiger partial charge is 0.213 e. The number of aryl methyl sites for hydroxylation is 1. The molecule has 0 amide bonds. The number of hydrogen-bond acceptors (Lipinski definition) is 6. The third-order valence-electron chi connectivity index (χ3n) is 5.84. The van der Waals surface area contributed by atoms with Gasteiger partial charge in [0.15, 0.2) is 0 Å². The van der Waals surface area contributed by atoms with Gasteiger partial charge in [-0.1, -0.05) is 24.1 Å². The SMILES string of the molecule is CC#C[C@@H](CC#N)c1ccc(OCc2ccc3scc(-c4ccc(OCCOC)cc4C)c3c2)nc1. The molecule has 2 aromatic heterocycles. The van der Waals surface area contributed by atoms with Crippen LogP contribution < -0.4 is 9.47 Å². The Morgan fingerprint density at radius 1 is 1.03 bits per heavy atom. The van der Waals surface area contributed by atoms with E-state index in [0.29, 0.717) is 32.1 Å². The van der Waals surface area contributed by atoms with E-state index in [9.17, 15) is 0 Å². The molecule has 182 valence electrons. The fraction of sp³-hybridized carbons (Fsp3) is 0.267. The van der Waals surface area contributed by atoms with Crippen molar-refractivity contribution in [2.75, 3.05) is 20.3 Å². The summed E-state index contributed by atoms with van der Waals surface area (Å²) in [5, 5.41) is 12.5. The summed E-state index contributed by atoms with van der Waals surface area (Å²) in [5.41, 5.74) is 5.56. The monoisotopic (exact) mass is 496 g/mol.